The number of aromatic nitrogens is 2. The lowest BCUT2D eigenvalue weighted by Gasteiger charge is -2.13. The minimum atomic E-state index is -0.531. The number of amides is 1. The second-order valence-electron chi connectivity index (χ2n) is 6.19. The van der Waals surface area contributed by atoms with E-state index in [1.54, 1.807) is 30.3 Å². The summed E-state index contributed by atoms with van der Waals surface area (Å²) in [6, 6.07) is 14.3. The Morgan fingerprint density at radius 2 is 1.89 bits per heavy atom. The predicted molar refractivity (Wildman–Crippen MR) is 107 cm³/mol. The van der Waals surface area contributed by atoms with Gasteiger partial charge in [0.1, 0.15) is 6.54 Å². The van der Waals surface area contributed by atoms with Gasteiger partial charge in [-0.1, -0.05) is 37.3 Å². The number of nitrogens with one attached hydrogen (secondary N) is 1. The van der Waals surface area contributed by atoms with Gasteiger partial charge in [-0.15, -0.1) is 6.58 Å². The highest BCUT2D eigenvalue weighted by atomic mass is 16.2. The summed E-state index contributed by atoms with van der Waals surface area (Å²) >= 11 is 0. The molecule has 6 heteroatoms. The maximum atomic E-state index is 12.8. The zero-order valence-electron chi connectivity index (χ0n) is 15.1. The molecule has 0 aliphatic rings. The van der Waals surface area contributed by atoms with Crippen LogP contribution in [0.5, 0.6) is 0 Å². The Hall–Kier alpha value is -3.41. The molecular formula is C21H21N3O3. The maximum absolute atomic E-state index is 12.8. The monoisotopic (exact) mass is 363 g/mol. The standard InChI is InChI=1S/C21H21N3O3/c1-3-12-23-20(26)17-10-5-6-11-18(17)24(21(23)27)14-19(25)22-16-9-7-8-15(4-2)13-16/h3,5-11,13H,1,4,12,14H2,2H3,(H,22,25). The molecule has 0 radical (unpaired) electrons. The molecule has 2 aromatic carbocycles. The van der Waals surface area contributed by atoms with E-state index >= 15 is 0 Å². The molecule has 138 valence electrons. The highest BCUT2D eigenvalue weighted by Crippen LogP contribution is 2.12. The number of carbonyl (C=O) groups excluding carboxylic acids is 1. The largest absolute Gasteiger partial charge is 0.332 e. The van der Waals surface area contributed by atoms with Crippen LogP contribution in [0.1, 0.15) is 12.5 Å². The fourth-order valence-corrected chi connectivity index (χ4v) is 3.03. The molecule has 1 aromatic heterocycles. The van der Waals surface area contributed by atoms with Crippen molar-refractivity contribution in [3.8, 4) is 0 Å². The van der Waals surface area contributed by atoms with E-state index < -0.39 is 5.69 Å². The molecule has 0 atom stereocenters. The summed E-state index contributed by atoms with van der Waals surface area (Å²) in [6.45, 7) is 5.53. The number of rotatable bonds is 6. The summed E-state index contributed by atoms with van der Waals surface area (Å²) in [5, 5.41) is 3.21. The molecular weight excluding hydrogens is 342 g/mol. The molecule has 0 saturated carbocycles. The second-order valence-corrected chi connectivity index (χ2v) is 6.19. The molecule has 1 N–H and O–H groups in total. The number of para-hydroxylation sites is 1. The number of carbonyl (C=O) groups is 1. The van der Waals surface area contributed by atoms with Gasteiger partial charge in [0.2, 0.25) is 5.91 Å². The van der Waals surface area contributed by atoms with Crippen molar-refractivity contribution in [2.45, 2.75) is 26.4 Å². The summed E-state index contributed by atoms with van der Waals surface area (Å²) in [5.74, 6) is -0.334. The lowest BCUT2D eigenvalue weighted by Crippen LogP contribution is -2.41. The van der Waals surface area contributed by atoms with E-state index in [0.717, 1.165) is 16.6 Å². The van der Waals surface area contributed by atoms with E-state index in [0.29, 0.717) is 16.6 Å². The van der Waals surface area contributed by atoms with Crippen LogP contribution in [0, 0.1) is 0 Å². The van der Waals surface area contributed by atoms with Gasteiger partial charge in [0.25, 0.3) is 5.56 Å². The molecule has 1 heterocycles. The van der Waals surface area contributed by atoms with Crippen LogP contribution in [-0.2, 0) is 24.3 Å². The normalized spacial score (nSPS) is 10.7. The molecule has 1 amide bonds. The SMILES string of the molecule is C=CCn1c(=O)c2ccccc2n(CC(=O)Nc2cccc(CC)c2)c1=O. The van der Waals surface area contributed by atoms with Gasteiger partial charge in [0.15, 0.2) is 0 Å². The number of allylic oxidation sites excluding steroid dienone is 1. The zero-order valence-corrected chi connectivity index (χ0v) is 15.1. The Balaban J connectivity index is 2.00. The van der Waals surface area contributed by atoms with Gasteiger partial charge in [-0.2, -0.15) is 0 Å². The van der Waals surface area contributed by atoms with Gasteiger partial charge in [0.05, 0.1) is 10.9 Å². The molecule has 0 aliphatic carbocycles. The smallest absolute Gasteiger partial charge is 0.325 e. The van der Waals surface area contributed by atoms with Crippen LogP contribution in [0.25, 0.3) is 10.9 Å². The van der Waals surface area contributed by atoms with Crippen molar-refractivity contribution in [2.75, 3.05) is 5.32 Å². The van der Waals surface area contributed by atoms with E-state index in [1.807, 2.05) is 25.1 Å². The average molecular weight is 363 g/mol. The second kappa shape index (κ2) is 7.86. The van der Waals surface area contributed by atoms with Gasteiger partial charge in [-0.05, 0) is 36.2 Å². The Morgan fingerprint density at radius 3 is 2.63 bits per heavy atom. The average Bonchev–Trinajstić information content (AvgIpc) is 2.68. The Bertz CT molecular complexity index is 1130. The van der Waals surface area contributed by atoms with E-state index in [9.17, 15) is 14.4 Å². The van der Waals surface area contributed by atoms with Crippen LogP contribution in [0.3, 0.4) is 0 Å². The predicted octanol–water partition coefficient (Wildman–Crippen LogP) is 2.55. The van der Waals surface area contributed by atoms with Crippen molar-refractivity contribution >= 4 is 22.5 Å². The van der Waals surface area contributed by atoms with Gasteiger partial charge in [-0.3, -0.25) is 18.7 Å². The highest BCUT2D eigenvalue weighted by Gasteiger charge is 2.14. The lowest BCUT2D eigenvalue weighted by molar-refractivity contribution is -0.116. The summed E-state index contributed by atoms with van der Waals surface area (Å²) in [6.07, 6.45) is 2.35. The number of hydrogen-bond acceptors (Lipinski definition) is 3. The minimum absolute atomic E-state index is 0.0860. The third kappa shape index (κ3) is 3.74. The molecule has 0 aliphatic heterocycles. The van der Waals surface area contributed by atoms with E-state index in [2.05, 4.69) is 11.9 Å². The number of fused-ring (bicyclic) bond motifs is 1. The molecule has 0 fully saturated rings. The first-order valence-electron chi connectivity index (χ1n) is 8.77. The highest BCUT2D eigenvalue weighted by molar-refractivity contribution is 5.91. The van der Waals surface area contributed by atoms with Crippen LogP contribution in [-0.4, -0.2) is 15.0 Å². The van der Waals surface area contributed by atoms with Crippen molar-refractivity contribution < 1.29 is 4.79 Å². The number of anilines is 1. The topological polar surface area (TPSA) is 73.1 Å². The molecule has 6 nitrogen and oxygen atoms in total. The Labute approximate surface area is 156 Å². The zero-order chi connectivity index (χ0) is 19.4. The van der Waals surface area contributed by atoms with Crippen molar-refractivity contribution in [1.29, 1.82) is 0 Å². The first-order chi connectivity index (χ1) is 13.0. The van der Waals surface area contributed by atoms with Crippen LogP contribution in [0.2, 0.25) is 0 Å². The van der Waals surface area contributed by atoms with Gasteiger partial charge in [-0.25, -0.2) is 4.79 Å². The Morgan fingerprint density at radius 1 is 1.11 bits per heavy atom. The third-order valence-corrected chi connectivity index (χ3v) is 4.36. The molecule has 3 aromatic rings. The molecule has 0 bridgehead atoms. The quantitative estimate of drug-likeness (QED) is 0.684. The first kappa shape index (κ1) is 18.4. The van der Waals surface area contributed by atoms with Crippen molar-refractivity contribution in [2.24, 2.45) is 0 Å². The molecule has 3 rings (SSSR count). The molecule has 0 spiro atoms. The van der Waals surface area contributed by atoms with Crippen LogP contribution >= 0.6 is 0 Å². The van der Waals surface area contributed by atoms with E-state index in [1.165, 1.54) is 10.6 Å². The molecule has 0 saturated heterocycles. The van der Waals surface area contributed by atoms with Gasteiger partial charge >= 0.3 is 5.69 Å². The fourth-order valence-electron chi connectivity index (χ4n) is 3.03. The van der Waals surface area contributed by atoms with Crippen LogP contribution in [0.15, 0.2) is 70.8 Å². The lowest BCUT2D eigenvalue weighted by atomic mass is 10.1. The fraction of sp³-hybridized carbons (Fsp3) is 0.190. The van der Waals surface area contributed by atoms with Crippen molar-refractivity contribution in [3.63, 3.8) is 0 Å². The third-order valence-electron chi connectivity index (χ3n) is 4.36. The summed E-state index contributed by atoms with van der Waals surface area (Å²) < 4.78 is 2.40. The first-order valence-corrected chi connectivity index (χ1v) is 8.77. The van der Waals surface area contributed by atoms with Crippen molar-refractivity contribution in [1.82, 2.24) is 9.13 Å². The number of benzene rings is 2. The minimum Gasteiger partial charge on any atom is -0.325 e. The van der Waals surface area contributed by atoms with E-state index in [4.69, 9.17) is 0 Å². The summed E-state index contributed by atoms with van der Waals surface area (Å²) in [4.78, 5) is 37.9. The Kier molecular flexibility index (Phi) is 5.35. The van der Waals surface area contributed by atoms with Gasteiger partial charge in [0, 0.05) is 12.2 Å². The van der Waals surface area contributed by atoms with E-state index in [-0.39, 0.29) is 24.6 Å². The number of aryl methyl sites for hydroxylation is 1. The van der Waals surface area contributed by atoms with Crippen LogP contribution in [0.4, 0.5) is 5.69 Å². The number of hydrogen-bond donors (Lipinski definition) is 1. The van der Waals surface area contributed by atoms with Gasteiger partial charge < -0.3 is 5.32 Å². The van der Waals surface area contributed by atoms with Crippen LogP contribution < -0.4 is 16.6 Å². The summed E-state index contributed by atoms with van der Waals surface area (Å²) in [7, 11) is 0. The molecule has 0 unspecified atom stereocenters. The maximum Gasteiger partial charge on any atom is 0.332 e. The molecule has 27 heavy (non-hydrogen) atoms. The summed E-state index contributed by atoms with van der Waals surface area (Å²) in [5.41, 5.74) is 1.30. The van der Waals surface area contributed by atoms with Crippen molar-refractivity contribution in [3.05, 3.63) is 87.6 Å². The number of nitrogens with zero attached hydrogens (tertiary/aromatic N) is 2.